The first-order valence-corrected chi connectivity index (χ1v) is 11.7. The summed E-state index contributed by atoms with van der Waals surface area (Å²) >= 11 is 0. The molecule has 2 aromatic heterocycles. The Kier molecular flexibility index (Phi) is 5.44. The van der Waals surface area contributed by atoms with Crippen LogP contribution in [0.2, 0.25) is 0 Å². The highest BCUT2D eigenvalue weighted by molar-refractivity contribution is 6.05. The standard InChI is InChI=1S/C26H32N6O/c1-17-10-19(27)14-31(13-17)24-8-9-28-12-23(24)30-25(33)21-7-5-18-4-6-20(11-22(18)29-21)32-15-26(2,3)16-32/h4-9,11-12,17,19H,10,13-16,27H2,1-3H3,(H,30,33)/t17-,19+/m1/s1. The zero-order valence-electron chi connectivity index (χ0n) is 19.6. The van der Waals surface area contributed by atoms with Crippen LogP contribution in [0.5, 0.6) is 0 Å². The SMILES string of the molecule is C[C@@H]1C[C@H](N)CN(c2ccncc2NC(=O)c2ccc3ccc(N4CC(C)(C)C4)cc3n2)C1. The van der Waals surface area contributed by atoms with E-state index in [4.69, 9.17) is 5.73 Å². The fraction of sp³-hybridized carbons (Fsp3) is 0.423. The smallest absolute Gasteiger partial charge is 0.274 e. The number of carbonyl (C=O) groups is 1. The fourth-order valence-corrected chi connectivity index (χ4v) is 5.14. The molecule has 2 aliphatic heterocycles. The Hall–Kier alpha value is -3.19. The van der Waals surface area contributed by atoms with Crippen LogP contribution in [0.4, 0.5) is 17.1 Å². The van der Waals surface area contributed by atoms with Crippen molar-refractivity contribution in [2.24, 2.45) is 17.1 Å². The van der Waals surface area contributed by atoms with Crippen LogP contribution in [0.25, 0.3) is 10.9 Å². The fourth-order valence-electron chi connectivity index (χ4n) is 5.14. The number of fused-ring (bicyclic) bond motifs is 1. The van der Waals surface area contributed by atoms with Crippen molar-refractivity contribution in [3.05, 3.63) is 54.5 Å². The summed E-state index contributed by atoms with van der Waals surface area (Å²) in [6.07, 6.45) is 4.46. The van der Waals surface area contributed by atoms with Crippen LogP contribution in [-0.2, 0) is 0 Å². The molecule has 3 aromatic rings. The number of carbonyl (C=O) groups excluding carboxylic acids is 1. The van der Waals surface area contributed by atoms with Crippen molar-refractivity contribution in [1.29, 1.82) is 0 Å². The van der Waals surface area contributed by atoms with E-state index in [0.29, 0.717) is 22.7 Å². The van der Waals surface area contributed by atoms with Crippen LogP contribution >= 0.6 is 0 Å². The van der Waals surface area contributed by atoms with E-state index in [-0.39, 0.29) is 11.9 Å². The molecule has 0 aliphatic carbocycles. The molecule has 1 aromatic carbocycles. The van der Waals surface area contributed by atoms with Gasteiger partial charge < -0.3 is 20.9 Å². The molecule has 172 valence electrons. The Morgan fingerprint density at radius 3 is 2.67 bits per heavy atom. The van der Waals surface area contributed by atoms with Crippen LogP contribution in [0.3, 0.4) is 0 Å². The van der Waals surface area contributed by atoms with Crippen LogP contribution in [-0.4, -0.2) is 48.1 Å². The molecule has 7 nitrogen and oxygen atoms in total. The molecule has 5 rings (SSSR count). The van der Waals surface area contributed by atoms with Gasteiger partial charge in [0.05, 0.1) is 23.1 Å². The van der Waals surface area contributed by atoms with E-state index in [1.54, 1.807) is 18.5 Å². The van der Waals surface area contributed by atoms with Gasteiger partial charge in [0, 0.05) is 49.5 Å². The molecule has 2 fully saturated rings. The van der Waals surface area contributed by atoms with Crippen molar-refractivity contribution in [1.82, 2.24) is 9.97 Å². The second-order valence-electron chi connectivity index (χ2n) is 10.4. The third kappa shape index (κ3) is 4.50. The number of nitrogens with one attached hydrogen (secondary N) is 1. The van der Waals surface area contributed by atoms with Gasteiger partial charge in [0.2, 0.25) is 0 Å². The van der Waals surface area contributed by atoms with Gasteiger partial charge in [0.1, 0.15) is 5.69 Å². The molecule has 7 heteroatoms. The zero-order chi connectivity index (χ0) is 23.2. The predicted octanol–water partition coefficient (Wildman–Crippen LogP) is 3.90. The number of aromatic nitrogens is 2. The average Bonchev–Trinajstić information content (AvgIpc) is 2.76. The molecule has 0 saturated carbocycles. The number of anilines is 3. The first-order chi connectivity index (χ1) is 15.8. The summed E-state index contributed by atoms with van der Waals surface area (Å²) in [5, 5.41) is 4.05. The summed E-state index contributed by atoms with van der Waals surface area (Å²) in [5.74, 6) is 0.259. The van der Waals surface area contributed by atoms with Crippen molar-refractivity contribution < 1.29 is 4.79 Å². The molecule has 0 unspecified atom stereocenters. The lowest BCUT2D eigenvalue weighted by atomic mass is 9.84. The van der Waals surface area contributed by atoms with Crippen LogP contribution in [0.1, 0.15) is 37.7 Å². The normalized spacial score (nSPS) is 22.2. The molecule has 3 N–H and O–H groups in total. The van der Waals surface area contributed by atoms with Crippen molar-refractivity contribution in [3.63, 3.8) is 0 Å². The van der Waals surface area contributed by atoms with Gasteiger partial charge in [-0.05, 0) is 42.0 Å². The largest absolute Gasteiger partial charge is 0.370 e. The minimum absolute atomic E-state index is 0.124. The zero-order valence-corrected chi connectivity index (χ0v) is 19.6. The Morgan fingerprint density at radius 2 is 1.91 bits per heavy atom. The first kappa shape index (κ1) is 21.6. The maximum Gasteiger partial charge on any atom is 0.274 e. The minimum atomic E-state index is -0.240. The van der Waals surface area contributed by atoms with Crippen LogP contribution < -0.4 is 20.9 Å². The highest BCUT2D eigenvalue weighted by Gasteiger charge is 2.34. The molecular weight excluding hydrogens is 412 g/mol. The molecule has 33 heavy (non-hydrogen) atoms. The maximum absolute atomic E-state index is 13.1. The Morgan fingerprint density at radius 1 is 1.12 bits per heavy atom. The molecule has 4 heterocycles. The van der Waals surface area contributed by atoms with Crippen molar-refractivity contribution >= 4 is 33.9 Å². The topological polar surface area (TPSA) is 87.4 Å². The number of nitrogens with two attached hydrogens (primary N) is 1. The summed E-state index contributed by atoms with van der Waals surface area (Å²) in [7, 11) is 0. The van der Waals surface area contributed by atoms with E-state index >= 15 is 0 Å². The third-order valence-electron chi connectivity index (χ3n) is 6.59. The lowest BCUT2D eigenvalue weighted by molar-refractivity contribution is 0.102. The molecule has 0 bridgehead atoms. The van der Waals surface area contributed by atoms with E-state index in [0.717, 1.165) is 54.9 Å². The molecule has 2 atom stereocenters. The number of nitrogens with zero attached hydrogens (tertiary/aromatic N) is 4. The first-order valence-electron chi connectivity index (χ1n) is 11.7. The number of hydrogen-bond donors (Lipinski definition) is 2. The lowest BCUT2D eigenvalue weighted by Gasteiger charge is -2.47. The number of amides is 1. The van der Waals surface area contributed by atoms with Crippen molar-refractivity contribution in [2.75, 3.05) is 41.3 Å². The van der Waals surface area contributed by atoms with E-state index in [1.807, 2.05) is 12.1 Å². The Balaban J connectivity index is 1.37. The number of pyridine rings is 2. The van der Waals surface area contributed by atoms with Gasteiger partial charge in [-0.1, -0.05) is 32.9 Å². The number of hydrogen-bond acceptors (Lipinski definition) is 6. The summed E-state index contributed by atoms with van der Waals surface area (Å²) < 4.78 is 0. The maximum atomic E-state index is 13.1. The Labute approximate surface area is 195 Å². The summed E-state index contributed by atoms with van der Waals surface area (Å²) in [4.78, 5) is 26.6. The van der Waals surface area contributed by atoms with E-state index in [9.17, 15) is 4.79 Å². The summed E-state index contributed by atoms with van der Waals surface area (Å²) in [5.41, 5.74) is 10.6. The van der Waals surface area contributed by atoms with E-state index in [2.05, 4.69) is 64.1 Å². The van der Waals surface area contributed by atoms with Gasteiger partial charge in [-0.3, -0.25) is 9.78 Å². The number of rotatable bonds is 4. The van der Waals surface area contributed by atoms with Gasteiger partial charge in [0.15, 0.2) is 0 Å². The lowest BCUT2D eigenvalue weighted by Crippen LogP contribution is -2.53. The summed E-state index contributed by atoms with van der Waals surface area (Å²) in [6, 6.07) is 12.1. The molecule has 2 aliphatic rings. The van der Waals surface area contributed by atoms with Gasteiger partial charge in [0.25, 0.3) is 5.91 Å². The summed E-state index contributed by atoms with van der Waals surface area (Å²) in [6.45, 7) is 10.5. The van der Waals surface area contributed by atoms with Gasteiger partial charge in [-0.15, -0.1) is 0 Å². The molecule has 0 spiro atoms. The minimum Gasteiger partial charge on any atom is -0.370 e. The van der Waals surface area contributed by atoms with Crippen LogP contribution in [0.15, 0.2) is 48.8 Å². The quantitative estimate of drug-likeness (QED) is 0.635. The molecular formula is C26H32N6O. The second kappa shape index (κ2) is 8.30. The number of benzene rings is 1. The molecule has 2 saturated heterocycles. The third-order valence-corrected chi connectivity index (χ3v) is 6.59. The van der Waals surface area contributed by atoms with Crippen LogP contribution in [0, 0.1) is 11.3 Å². The van der Waals surface area contributed by atoms with Crippen molar-refractivity contribution in [2.45, 2.75) is 33.2 Å². The Bertz CT molecular complexity index is 1170. The van der Waals surface area contributed by atoms with Gasteiger partial charge >= 0.3 is 0 Å². The average molecular weight is 445 g/mol. The molecule has 1 amide bonds. The van der Waals surface area contributed by atoms with Gasteiger partial charge in [-0.25, -0.2) is 4.98 Å². The highest BCUT2D eigenvalue weighted by Crippen LogP contribution is 2.34. The number of piperidine rings is 1. The highest BCUT2D eigenvalue weighted by atomic mass is 16.1. The predicted molar refractivity (Wildman–Crippen MR) is 134 cm³/mol. The van der Waals surface area contributed by atoms with E-state index < -0.39 is 0 Å². The van der Waals surface area contributed by atoms with Crippen molar-refractivity contribution in [3.8, 4) is 0 Å². The second-order valence-corrected chi connectivity index (χ2v) is 10.4. The van der Waals surface area contributed by atoms with Gasteiger partial charge in [-0.2, -0.15) is 0 Å². The monoisotopic (exact) mass is 444 g/mol. The molecule has 0 radical (unpaired) electrons. The van der Waals surface area contributed by atoms with E-state index in [1.165, 1.54) is 0 Å².